The van der Waals surface area contributed by atoms with Crippen LogP contribution < -0.4 is 0 Å². The minimum Gasteiger partial charge on any atom is -0.340 e. The van der Waals surface area contributed by atoms with Gasteiger partial charge >= 0.3 is 0 Å². The monoisotopic (exact) mass is 398 g/mol. The fourth-order valence-electron chi connectivity index (χ4n) is 2.77. The van der Waals surface area contributed by atoms with E-state index in [1.807, 2.05) is 17.5 Å². The van der Waals surface area contributed by atoms with Crippen LogP contribution in [0.4, 0.5) is 0 Å². The zero-order valence-electron chi connectivity index (χ0n) is 13.6. The van der Waals surface area contributed by atoms with Crippen LogP contribution in [0.25, 0.3) is 0 Å². The molecule has 1 fully saturated rings. The Kier molecular flexibility index (Phi) is 5.78. The quantitative estimate of drug-likeness (QED) is 0.777. The molecule has 1 aromatic heterocycles. The van der Waals surface area contributed by atoms with E-state index in [9.17, 15) is 13.2 Å². The second kappa shape index (κ2) is 7.86. The average molecular weight is 399 g/mol. The molecule has 0 spiro atoms. The van der Waals surface area contributed by atoms with Crippen LogP contribution >= 0.6 is 22.9 Å². The first-order chi connectivity index (χ1) is 11.9. The van der Waals surface area contributed by atoms with Crippen molar-refractivity contribution in [3.05, 3.63) is 57.2 Å². The molecule has 2 heterocycles. The summed E-state index contributed by atoms with van der Waals surface area (Å²) in [4.78, 5) is 15.1. The molecule has 0 atom stereocenters. The fourth-order valence-corrected chi connectivity index (χ4v) is 5.11. The van der Waals surface area contributed by atoms with Gasteiger partial charge in [0.25, 0.3) is 0 Å². The van der Waals surface area contributed by atoms with E-state index in [2.05, 4.69) is 0 Å². The SMILES string of the molecule is O=C(Cc1cccs1)N1CCN(S(=O)(=O)Cc2ccc(Cl)cc2)CC1. The van der Waals surface area contributed by atoms with Crippen molar-refractivity contribution in [2.24, 2.45) is 0 Å². The van der Waals surface area contributed by atoms with Gasteiger partial charge < -0.3 is 4.90 Å². The first kappa shape index (κ1) is 18.4. The number of carbonyl (C=O) groups is 1. The van der Waals surface area contributed by atoms with Gasteiger partial charge in [0.05, 0.1) is 12.2 Å². The number of hydrogen-bond acceptors (Lipinski definition) is 4. The summed E-state index contributed by atoms with van der Waals surface area (Å²) in [6, 6.07) is 10.7. The maximum Gasteiger partial charge on any atom is 0.227 e. The lowest BCUT2D eigenvalue weighted by molar-refractivity contribution is -0.131. The van der Waals surface area contributed by atoms with E-state index in [1.165, 1.54) is 4.31 Å². The molecule has 134 valence electrons. The number of carbonyl (C=O) groups excluding carboxylic acids is 1. The van der Waals surface area contributed by atoms with Gasteiger partial charge in [-0.05, 0) is 29.1 Å². The number of hydrogen-bond donors (Lipinski definition) is 0. The number of rotatable bonds is 5. The van der Waals surface area contributed by atoms with Crippen LogP contribution in [0.3, 0.4) is 0 Å². The minimum atomic E-state index is -3.39. The van der Waals surface area contributed by atoms with Gasteiger partial charge in [-0.1, -0.05) is 29.8 Å². The Morgan fingerprint density at radius 1 is 1.08 bits per heavy atom. The van der Waals surface area contributed by atoms with Gasteiger partial charge in [-0.15, -0.1) is 11.3 Å². The lowest BCUT2D eigenvalue weighted by Crippen LogP contribution is -2.51. The maximum absolute atomic E-state index is 12.6. The molecule has 1 saturated heterocycles. The standard InChI is InChI=1S/C17H19ClN2O3S2/c18-15-5-3-14(4-6-15)13-25(22,23)20-9-7-19(8-10-20)17(21)12-16-2-1-11-24-16/h1-6,11H,7-10,12-13H2. The highest BCUT2D eigenvalue weighted by molar-refractivity contribution is 7.88. The van der Waals surface area contributed by atoms with E-state index in [0.717, 1.165) is 4.88 Å². The molecule has 5 nitrogen and oxygen atoms in total. The van der Waals surface area contributed by atoms with E-state index in [-0.39, 0.29) is 11.7 Å². The number of nitrogens with zero attached hydrogens (tertiary/aromatic N) is 2. The molecule has 1 aromatic carbocycles. The predicted octanol–water partition coefficient (Wildman–Crippen LogP) is 2.62. The van der Waals surface area contributed by atoms with Crippen LogP contribution in [0.5, 0.6) is 0 Å². The van der Waals surface area contributed by atoms with Crippen LogP contribution in [0, 0.1) is 0 Å². The predicted molar refractivity (Wildman–Crippen MR) is 100 cm³/mol. The third-order valence-corrected chi connectivity index (χ3v) is 7.13. The Bertz CT molecular complexity index is 812. The zero-order valence-corrected chi connectivity index (χ0v) is 16.0. The molecule has 1 aliphatic rings. The van der Waals surface area contributed by atoms with Gasteiger partial charge in [0, 0.05) is 36.1 Å². The average Bonchev–Trinajstić information content (AvgIpc) is 3.10. The third-order valence-electron chi connectivity index (χ3n) is 4.15. The molecule has 3 rings (SSSR count). The molecule has 2 aromatic rings. The van der Waals surface area contributed by atoms with Gasteiger partial charge in [-0.2, -0.15) is 4.31 Å². The van der Waals surface area contributed by atoms with Crippen LogP contribution in [0.1, 0.15) is 10.4 Å². The van der Waals surface area contributed by atoms with Crippen LogP contribution in [0.15, 0.2) is 41.8 Å². The number of benzene rings is 1. The molecular weight excluding hydrogens is 380 g/mol. The highest BCUT2D eigenvalue weighted by Gasteiger charge is 2.28. The van der Waals surface area contributed by atoms with Crippen molar-refractivity contribution in [3.63, 3.8) is 0 Å². The molecule has 0 aliphatic carbocycles. The van der Waals surface area contributed by atoms with Crippen LogP contribution in [0.2, 0.25) is 5.02 Å². The highest BCUT2D eigenvalue weighted by atomic mass is 35.5. The Hall–Kier alpha value is -1.41. The van der Waals surface area contributed by atoms with Gasteiger partial charge in [0.15, 0.2) is 0 Å². The summed E-state index contributed by atoms with van der Waals surface area (Å²) in [5.41, 5.74) is 0.709. The molecule has 0 unspecified atom stereocenters. The van der Waals surface area contributed by atoms with E-state index < -0.39 is 10.0 Å². The van der Waals surface area contributed by atoms with Crippen molar-refractivity contribution in [3.8, 4) is 0 Å². The van der Waals surface area contributed by atoms with Gasteiger partial charge in [0.1, 0.15) is 0 Å². The summed E-state index contributed by atoms with van der Waals surface area (Å²) >= 11 is 7.39. The number of amides is 1. The van der Waals surface area contributed by atoms with E-state index in [1.54, 1.807) is 40.5 Å². The topological polar surface area (TPSA) is 57.7 Å². The molecule has 0 saturated carbocycles. The van der Waals surface area contributed by atoms with Crippen LogP contribution in [-0.4, -0.2) is 49.7 Å². The van der Waals surface area contributed by atoms with Crippen molar-refractivity contribution in [2.75, 3.05) is 26.2 Å². The Morgan fingerprint density at radius 2 is 1.76 bits per heavy atom. The number of piperazine rings is 1. The fraction of sp³-hybridized carbons (Fsp3) is 0.353. The summed E-state index contributed by atoms with van der Waals surface area (Å²) < 4.78 is 26.6. The molecule has 0 N–H and O–H groups in total. The van der Waals surface area contributed by atoms with Crippen molar-refractivity contribution in [1.82, 2.24) is 9.21 Å². The molecular formula is C17H19ClN2O3S2. The first-order valence-electron chi connectivity index (χ1n) is 7.96. The summed E-state index contributed by atoms with van der Waals surface area (Å²) in [5.74, 6) is 0.00466. The third kappa shape index (κ3) is 4.82. The second-order valence-corrected chi connectivity index (χ2v) is 9.36. The summed E-state index contributed by atoms with van der Waals surface area (Å²) in [6.07, 6.45) is 0.384. The smallest absolute Gasteiger partial charge is 0.227 e. The zero-order chi connectivity index (χ0) is 17.9. The maximum atomic E-state index is 12.6. The van der Waals surface area contributed by atoms with Gasteiger partial charge in [0.2, 0.25) is 15.9 Å². The normalized spacial score (nSPS) is 16.1. The van der Waals surface area contributed by atoms with E-state index >= 15 is 0 Å². The highest BCUT2D eigenvalue weighted by Crippen LogP contribution is 2.17. The van der Waals surface area contributed by atoms with Crippen LogP contribution in [-0.2, 0) is 27.0 Å². The van der Waals surface area contributed by atoms with Crippen molar-refractivity contribution in [1.29, 1.82) is 0 Å². The number of halogens is 1. The van der Waals surface area contributed by atoms with Crippen molar-refractivity contribution in [2.45, 2.75) is 12.2 Å². The summed E-state index contributed by atoms with van der Waals surface area (Å²) in [5, 5.41) is 2.53. The summed E-state index contributed by atoms with van der Waals surface area (Å²) in [7, 11) is -3.39. The largest absolute Gasteiger partial charge is 0.340 e. The molecule has 8 heteroatoms. The number of thiophene rings is 1. The lowest BCUT2D eigenvalue weighted by Gasteiger charge is -2.34. The van der Waals surface area contributed by atoms with E-state index in [4.69, 9.17) is 11.6 Å². The first-order valence-corrected chi connectivity index (χ1v) is 10.8. The summed E-state index contributed by atoms with van der Waals surface area (Å²) in [6.45, 7) is 1.55. The lowest BCUT2D eigenvalue weighted by atomic mass is 10.2. The molecule has 25 heavy (non-hydrogen) atoms. The Labute approximate surface area is 156 Å². The van der Waals surface area contributed by atoms with E-state index in [0.29, 0.717) is 43.2 Å². The van der Waals surface area contributed by atoms with Gasteiger partial charge in [-0.25, -0.2) is 8.42 Å². The van der Waals surface area contributed by atoms with Gasteiger partial charge in [-0.3, -0.25) is 4.79 Å². The Balaban J connectivity index is 1.55. The number of sulfonamides is 1. The molecule has 1 amide bonds. The molecule has 0 radical (unpaired) electrons. The van der Waals surface area contributed by atoms with Crippen molar-refractivity contribution >= 4 is 38.9 Å². The minimum absolute atomic E-state index is 0.0483. The van der Waals surface area contributed by atoms with Crippen molar-refractivity contribution < 1.29 is 13.2 Å². The molecule has 0 bridgehead atoms. The second-order valence-electron chi connectivity index (χ2n) is 5.92. The Morgan fingerprint density at radius 3 is 2.36 bits per heavy atom. The molecule has 1 aliphatic heterocycles.